The van der Waals surface area contributed by atoms with Crippen LogP contribution < -0.4 is 14.4 Å². The maximum Gasteiger partial charge on any atom is 0.264 e. The number of carbonyl (C=O) groups is 2. The average molecular weight is 731 g/mol. The molecule has 0 unspecified atom stereocenters. The Morgan fingerprint density at radius 2 is 1.48 bits per heavy atom. The predicted octanol–water partition coefficient (Wildman–Crippen LogP) is 7.80. The highest BCUT2D eigenvalue weighted by atomic mass is 35.5. The lowest BCUT2D eigenvalue weighted by atomic mass is 10.0. The SMILES string of the molecule is CCCCNC(=O)[C@@H](Cc1ccccc1)N(Cc1c(Cl)cccc1Cl)C(=O)CN(c1ccccc1OCC)S(=O)(=O)c1ccc(Cl)cc1. The van der Waals surface area contributed by atoms with Crippen molar-refractivity contribution in [2.75, 3.05) is 24.0 Å². The lowest BCUT2D eigenvalue weighted by Gasteiger charge is -2.34. The topological polar surface area (TPSA) is 96.0 Å². The van der Waals surface area contributed by atoms with Crippen LogP contribution in [0.1, 0.15) is 37.8 Å². The summed E-state index contributed by atoms with van der Waals surface area (Å²) in [5.41, 5.74) is 1.39. The molecule has 2 amide bonds. The maximum absolute atomic E-state index is 14.7. The van der Waals surface area contributed by atoms with Crippen molar-refractivity contribution in [1.29, 1.82) is 0 Å². The van der Waals surface area contributed by atoms with Gasteiger partial charge in [-0.2, -0.15) is 0 Å². The summed E-state index contributed by atoms with van der Waals surface area (Å²) in [6, 6.07) is 25.5. The van der Waals surface area contributed by atoms with Gasteiger partial charge in [0.2, 0.25) is 11.8 Å². The van der Waals surface area contributed by atoms with Gasteiger partial charge in [0.25, 0.3) is 10.0 Å². The molecule has 0 fully saturated rings. The Hall–Kier alpha value is -3.76. The summed E-state index contributed by atoms with van der Waals surface area (Å²) in [6.45, 7) is 3.64. The van der Waals surface area contributed by atoms with Gasteiger partial charge in [-0.15, -0.1) is 0 Å². The molecular weight excluding hydrogens is 693 g/mol. The number of ether oxygens (including phenoxy) is 1. The van der Waals surface area contributed by atoms with Crippen molar-refractivity contribution in [3.8, 4) is 5.75 Å². The van der Waals surface area contributed by atoms with Crippen LogP contribution in [0.25, 0.3) is 0 Å². The molecule has 48 heavy (non-hydrogen) atoms. The Morgan fingerprint density at radius 3 is 2.12 bits per heavy atom. The van der Waals surface area contributed by atoms with E-state index in [1.54, 1.807) is 49.4 Å². The molecule has 1 atom stereocenters. The number of hydrogen-bond donors (Lipinski definition) is 1. The van der Waals surface area contributed by atoms with Crippen LogP contribution in [-0.4, -0.2) is 50.9 Å². The highest BCUT2D eigenvalue weighted by Crippen LogP contribution is 2.34. The number of para-hydroxylation sites is 2. The van der Waals surface area contributed by atoms with Crippen LogP contribution in [0.15, 0.2) is 102 Å². The van der Waals surface area contributed by atoms with Crippen LogP contribution in [0, 0.1) is 0 Å². The van der Waals surface area contributed by atoms with Crippen LogP contribution in [0.3, 0.4) is 0 Å². The van der Waals surface area contributed by atoms with Crippen LogP contribution in [0.5, 0.6) is 5.75 Å². The van der Waals surface area contributed by atoms with E-state index in [1.165, 1.54) is 29.2 Å². The summed E-state index contributed by atoms with van der Waals surface area (Å²) >= 11 is 19.3. The van der Waals surface area contributed by atoms with Crippen LogP contribution in [0.4, 0.5) is 5.69 Å². The van der Waals surface area contributed by atoms with E-state index < -0.39 is 28.5 Å². The Balaban J connectivity index is 1.86. The molecule has 4 aromatic carbocycles. The third-order valence-electron chi connectivity index (χ3n) is 7.61. The van der Waals surface area contributed by atoms with Gasteiger partial charge in [-0.25, -0.2) is 8.42 Å². The second kappa shape index (κ2) is 17.6. The van der Waals surface area contributed by atoms with Crippen molar-refractivity contribution >= 4 is 62.3 Å². The number of hydrogen-bond acceptors (Lipinski definition) is 5. The van der Waals surface area contributed by atoms with Crippen molar-refractivity contribution in [1.82, 2.24) is 10.2 Å². The van der Waals surface area contributed by atoms with Crippen LogP contribution in [0.2, 0.25) is 15.1 Å². The highest BCUT2D eigenvalue weighted by molar-refractivity contribution is 7.92. The number of anilines is 1. The number of amides is 2. The molecule has 0 aliphatic heterocycles. The van der Waals surface area contributed by atoms with E-state index in [0.29, 0.717) is 27.2 Å². The number of nitrogens with one attached hydrogen (secondary N) is 1. The van der Waals surface area contributed by atoms with E-state index in [0.717, 1.165) is 22.7 Å². The molecule has 4 rings (SSSR count). The molecule has 0 saturated carbocycles. The summed E-state index contributed by atoms with van der Waals surface area (Å²) in [5, 5.41) is 3.92. The van der Waals surface area contributed by atoms with Gasteiger partial charge in [0.05, 0.1) is 17.2 Å². The van der Waals surface area contributed by atoms with Crippen LogP contribution >= 0.6 is 34.8 Å². The summed E-state index contributed by atoms with van der Waals surface area (Å²) < 4.78 is 35.5. The third kappa shape index (κ3) is 9.44. The van der Waals surface area contributed by atoms with Crippen molar-refractivity contribution in [3.63, 3.8) is 0 Å². The van der Waals surface area contributed by atoms with E-state index in [9.17, 15) is 18.0 Å². The first-order chi connectivity index (χ1) is 23.1. The number of carbonyl (C=O) groups excluding carboxylic acids is 2. The Kier molecular flexibility index (Phi) is 13.6. The van der Waals surface area contributed by atoms with Crippen molar-refractivity contribution < 1.29 is 22.7 Å². The fourth-order valence-electron chi connectivity index (χ4n) is 5.10. The van der Waals surface area contributed by atoms with Crippen LogP contribution in [-0.2, 0) is 32.6 Å². The first kappa shape index (κ1) is 37.1. The Morgan fingerprint density at radius 1 is 0.833 bits per heavy atom. The minimum absolute atomic E-state index is 0.0788. The number of nitrogens with zero attached hydrogens (tertiary/aromatic N) is 2. The number of benzene rings is 4. The quantitative estimate of drug-likeness (QED) is 0.119. The van der Waals surface area contributed by atoms with Gasteiger partial charge in [0, 0.05) is 40.1 Å². The summed E-state index contributed by atoms with van der Waals surface area (Å²) in [6.07, 6.45) is 1.76. The standard InChI is InChI=1S/C36H38Cl3N3O5S/c1-3-5-22-40-36(44)33(23-26-12-7-6-8-13-26)41(24-29-30(38)14-11-15-31(29)39)35(43)25-42(32-16-9-10-17-34(32)47-4-2)48(45,46)28-20-18-27(37)19-21-28/h6-21,33H,3-5,22-25H2,1-2H3,(H,40,44)/t33-/m1/s1. The zero-order valence-corrected chi connectivity index (χ0v) is 29.8. The van der Waals surface area contributed by atoms with Gasteiger partial charge in [-0.3, -0.25) is 13.9 Å². The molecule has 1 N–H and O–H groups in total. The van der Waals surface area contributed by atoms with Gasteiger partial charge in [-0.05, 0) is 67.4 Å². The molecule has 0 bridgehead atoms. The first-order valence-corrected chi connectivity index (χ1v) is 18.2. The fourth-order valence-corrected chi connectivity index (χ4v) is 7.17. The second-order valence-corrected chi connectivity index (χ2v) is 14.1. The lowest BCUT2D eigenvalue weighted by molar-refractivity contribution is -0.140. The van der Waals surface area contributed by atoms with Gasteiger partial charge in [0.1, 0.15) is 18.3 Å². The Bertz CT molecular complexity index is 1770. The predicted molar refractivity (Wildman–Crippen MR) is 192 cm³/mol. The number of rotatable bonds is 16. The zero-order chi connectivity index (χ0) is 34.7. The summed E-state index contributed by atoms with van der Waals surface area (Å²) in [7, 11) is -4.36. The minimum atomic E-state index is -4.36. The van der Waals surface area contributed by atoms with Gasteiger partial charge in [0.15, 0.2) is 0 Å². The normalized spacial score (nSPS) is 11.9. The molecule has 254 valence electrons. The Labute approximate surface area is 297 Å². The molecule has 0 spiro atoms. The maximum atomic E-state index is 14.7. The molecule has 0 aliphatic carbocycles. The summed E-state index contributed by atoms with van der Waals surface area (Å²) in [5.74, 6) is -0.767. The molecular formula is C36H38Cl3N3O5S. The fraction of sp³-hybridized carbons (Fsp3) is 0.278. The monoisotopic (exact) mass is 729 g/mol. The molecule has 0 heterocycles. The smallest absolute Gasteiger partial charge is 0.264 e. The van der Waals surface area contributed by atoms with Crippen molar-refractivity contribution in [3.05, 3.63) is 123 Å². The van der Waals surface area contributed by atoms with Gasteiger partial charge in [-0.1, -0.05) is 96.7 Å². The van der Waals surface area contributed by atoms with Gasteiger partial charge >= 0.3 is 0 Å². The molecule has 4 aromatic rings. The average Bonchev–Trinajstić information content (AvgIpc) is 3.07. The number of halogens is 3. The van der Waals surface area contributed by atoms with Crippen molar-refractivity contribution in [2.45, 2.75) is 50.6 Å². The lowest BCUT2D eigenvalue weighted by Crippen LogP contribution is -2.53. The van der Waals surface area contributed by atoms with E-state index in [4.69, 9.17) is 39.5 Å². The highest BCUT2D eigenvalue weighted by Gasteiger charge is 2.36. The van der Waals surface area contributed by atoms with Crippen molar-refractivity contribution in [2.24, 2.45) is 0 Å². The molecule has 0 aromatic heterocycles. The van der Waals surface area contributed by atoms with E-state index >= 15 is 0 Å². The number of unbranched alkanes of at least 4 members (excludes halogenated alkanes) is 1. The summed E-state index contributed by atoms with van der Waals surface area (Å²) in [4.78, 5) is 29.9. The largest absolute Gasteiger partial charge is 0.492 e. The van der Waals surface area contributed by atoms with E-state index in [2.05, 4.69) is 5.32 Å². The van der Waals surface area contributed by atoms with Gasteiger partial charge < -0.3 is 15.0 Å². The molecule has 0 saturated heterocycles. The molecule has 0 radical (unpaired) electrons. The number of sulfonamides is 1. The first-order valence-electron chi connectivity index (χ1n) is 15.6. The van der Waals surface area contributed by atoms with E-state index in [-0.39, 0.29) is 41.8 Å². The third-order valence-corrected chi connectivity index (χ3v) is 10.3. The minimum Gasteiger partial charge on any atom is -0.492 e. The molecule has 8 nitrogen and oxygen atoms in total. The molecule has 12 heteroatoms. The molecule has 0 aliphatic rings. The van der Waals surface area contributed by atoms with E-state index in [1.807, 2.05) is 37.3 Å². The zero-order valence-electron chi connectivity index (χ0n) is 26.7. The second-order valence-electron chi connectivity index (χ2n) is 10.9.